The Hall–Kier alpha value is -2.19. The van der Waals surface area contributed by atoms with Crippen LogP contribution in [0.25, 0.3) is 6.08 Å². The molecule has 1 saturated heterocycles. The molecule has 2 aromatic rings. The average Bonchev–Trinajstić information content (AvgIpc) is 3.18. The summed E-state index contributed by atoms with van der Waals surface area (Å²) in [4.78, 5) is 14.3. The van der Waals surface area contributed by atoms with Crippen molar-refractivity contribution in [3.63, 3.8) is 0 Å². The Morgan fingerprint density at radius 1 is 1.38 bits per heavy atom. The summed E-state index contributed by atoms with van der Waals surface area (Å²) in [5.41, 5.74) is 2.17. The van der Waals surface area contributed by atoms with Crippen LogP contribution in [0, 0.1) is 0 Å². The molecular weight excluding hydrogens is 416 g/mol. The van der Waals surface area contributed by atoms with Crippen molar-refractivity contribution in [2.45, 2.75) is 26.9 Å². The molecule has 6 nitrogen and oxygen atoms in total. The van der Waals surface area contributed by atoms with Gasteiger partial charge in [0.1, 0.15) is 11.4 Å². The Labute approximate surface area is 165 Å². The van der Waals surface area contributed by atoms with Crippen LogP contribution in [0.4, 0.5) is 0 Å². The summed E-state index contributed by atoms with van der Waals surface area (Å²) in [6.45, 7) is 5.65. The number of thiocarbonyl (C=S) groups is 1. The molecule has 0 spiro atoms. The van der Waals surface area contributed by atoms with E-state index in [1.54, 1.807) is 12.3 Å². The highest BCUT2D eigenvalue weighted by atomic mass is 79.9. The SMILES string of the molecule is CCOc1ccc(Br)cc1/C=C1/NC(=S)N(Cc2cnn(CC)c2)C1=O. The van der Waals surface area contributed by atoms with E-state index in [1.807, 2.05) is 42.9 Å². The number of nitrogens with one attached hydrogen (secondary N) is 1. The molecule has 1 N–H and O–H groups in total. The van der Waals surface area contributed by atoms with Crippen molar-refractivity contribution in [3.05, 3.63) is 51.9 Å². The van der Waals surface area contributed by atoms with Crippen LogP contribution in [-0.4, -0.2) is 32.3 Å². The largest absolute Gasteiger partial charge is 0.493 e. The molecule has 2 heterocycles. The molecule has 0 saturated carbocycles. The van der Waals surface area contributed by atoms with Gasteiger partial charge in [0.05, 0.1) is 19.3 Å². The number of carbonyl (C=O) groups excluding carboxylic acids is 1. The molecule has 26 heavy (non-hydrogen) atoms. The molecule has 0 aliphatic carbocycles. The van der Waals surface area contributed by atoms with E-state index in [0.29, 0.717) is 29.7 Å². The molecule has 1 fully saturated rings. The van der Waals surface area contributed by atoms with Gasteiger partial charge in [-0.05, 0) is 50.3 Å². The number of aryl methyl sites for hydroxylation is 1. The Morgan fingerprint density at radius 3 is 2.88 bits per heavy atom. The summed E-state index contributed by atoms with van der Waals surface area (Å²) in [5, 5.41) is 7.62. The van der Waals surface area contributed by atoms with Crippen LogP contribution < -0.4 is 10.1 Å². The third-order valence-corrected chi connectivity index (χ3v) is 4.70. The fourth-order valence-electron chi connectivity index (χ4n) is 2.63. The van der Waals surface area contributed by atoms with E-state index in [-0.39, 0.29) is 5.91 Å². The van der Waals surface area contributed by atoms with Crippen molar-refractivity contribution >= 4 is 45.2 Å². The summed E-state index contributed by atoms with van der Waals surface area (Å²) in [6, 6.07) is 5.68. The highest BCUT2D eigenvalue weighted by Gasteiger charge is 2.31. The number of benzene rings is 1. The van der Waals surface area contributed by atoms with Crippen LogP contribution in [0.5, 0.6) is 5.75 Å². The van der Waals surface area contributed by atoms with Gasteiger partial charge in [-0.3, -0.25) is 14.4 Å². The van der Waals surface area contributed by atoms with Gasteiger partial charge >= 0.3 is 0 Å². The second-order valence-electron chi connectivity index (χ2n) is 5.70. The molecule has 3 rings (SSSR count). The number of hydrogen-bond donors (Lipinski definition) is 1. The Kier molecular flexibility index (Phi) is 5.73. The minimum atomic E-state index is -0.165. The van der Waals surface area contributed by atoms with Gasteiger partial charge in [0.25, 0.3) is 5.91 Å². The normalized spacial score (nSPS) is 15.7. The summed E-state index contributed by atoms with van der Waals surface area (Å²) in [6.07, 6.45) is 5.43. The minimum Gasteiger partial charge on any atom is -0.493 e. The zero-order valence-electron chi connectivity index (χ0n) is 14.5. The quantitative estimate of drug-likeness (QED) is 0.557. The molecule has 1 aromatic carbocycles. The van der Waals surface area contributed by atoms with Crippen LogP contribution in [0.15, 0.2) is 40.8 Å². The topological polar surface area (TPSA) is 59.4 Å². The minimum absolute atomic E-state index is 0.165. The molecule has 1 aliphatic heterocycles. The second-order valence-corrected chi connectivity index (χ2v) is 7.00. The van der Waals surface area contributed by atoms with Crippen LogP contribution in [0.2, 0.25) is 0 Å². The maximum Gasteiger partial charge on any atom is 0.276 e. The van der Waals surface area contributed by atoms with Gasteiger partial charge in [0.2, 0.25) is 0 Å². The number of nitrogens with zero attached hydrogens (tertiary/aromatic N) is 3. The number of ether oxygens (including phenoxy) is 1. The standard InChI is InChI=1S/C18H19BrN4O2S/c1-3-22-10-12(9-20-22)11-23-17(24)15(21-18(23)26)8-13-7-14(19)5-6-16(13)25-4-2/h5-10H,3-4,11H2,1-2H3,(H,21,26)/b15-8+. The van der Waals surface area contributed by atoms with Gasteiger partial charge in [0.15, 0.2) is 5.11 Å². The zero-order chi connectivity index (χ0) is 18.7. The predicted molar refractivity (Wildman–Crippen MR) is 107 cm³/mol. The first-order chi connectivity index (χ1) is 12.5. The number of aromatic nitrogens is 2. The van der Waals surface area contributed by atoms with E-state index in [4.69, 9.17) is 17.0 Å². The fourth-order valence-corrected chi connectivity index (χ4v) is 3.27. The lowest BCUT2D eigenvalue weighted by Crippen LogP contribution is -2.29. The van der Waals surface area contributed by atoms with E-state index in [0.717, 1.165) is 22.1 Å². The highest BCUT2D eigenvalue weighted by molar-refractivity contribution is 9.10. The van der Waals surface area contributed by atoms with Gasteiger partial charge in [-0.2, -0.15) is 5.10 Å². The van der Waals surface area contributed by atoms with Gasteiger partial charge in [-0.15, -0.1) is 0 Å². The third kappa shape index (κ3) is 3.96. The van der Waals surface area contributed by atoms with Gasteiger partial charge < -0.3 is 10.1 Å². The van der Waals surface area contributed by atoms with E-state index in [1.165, 1.54) is 4.90 Å². The van der Waals surface area contributed by atoms with Crippen molar-refractivity contribution in [3.8, 4) is 5.75 Å². The van der Waals surface area contributed by atoms with Crippen LogP contribution in [0.3, 0.4) is 0 Å². The fraction of sp³-hybridized carbons (Fsp3) is 0.278. The Balaban J connectivity index is 1.84. The molecule has 8 heteroatoms. The molecule has 1 aromatic heterocycles. The lowest BCUT2D eigenvalue weighted by atomic mass is 10.1. The highest BCUT2D eigenvalue weighted by Crippen LogP contribution is 2.27. The van der Waals surface area contributed by atoms with E-state index in [9.17, 15) is 4.79 Å². The molecule has 1 aliphatic rings. The summed E-state index contributed by atoms with van der Waals surface area (Å²) < 4.78 is 8.37. The van der Waals surface area contributed by atoms with Gasteiger partial charge in [0, 0.05) is 28.3 Å². The Bertz CT molecular complexity index is 878. The molecule has 1 amide bonds. The van der Waals surface area contributed by atoms with E-state index >= 15 is 0 Å². The second kappa shape index (κ2) is 8.01. The maximum absolute atomic E-state index is 12.8. The molecule has 0 atom stereocenters. The number of hydrogen-bond acceptors (Lipinski definition) is 4. The first kappa shape index (κ1) is 18.6. The van der Waals surface area contributed by atoms with Crippen molar-refractivity contribution in [1.29, 1.82) is 0 Å². The predicted octanol–water partition coefficient (Wildman–Crippen LogP) is 3.32. The summed E-state index contributed by atoms with van der Waals surface area (Å²) >= 11 is 8.79. The van der Waals surface area contributed by atoms with E-state index < -0.39 is 0 Å². The van der Waals surface area contributed by atoms with Crippen molar-refractivity contribution in [2.24, 2.45) is 0 Å². The number of carbonyl (C=O) groups is 1. The first-order valence-corrected chi connectivity index (χ1v) is 9.50. The van der Waals surface area contributed by atoms with Crippen LogP contribution >= 0.6 is 28.1 Å². The Morgan fingerprint density at radius 2 is 2.19 bits per heavy atom. The van der Waals surface area contributed by atoms with Crippen molar-refractivity contribution in [2.75, 3.05) is 6.61 Å². The smallest absolute Gasteiger partial charge is 0.276 e. The number of halogens is 1. The van der Waals surface area contributed by atoms with Gasteiger partial charge in [-0.1, -0.05) is 15.9 Å². The zero-order valence-corrected chi connectivity index (χ0v) is 16.9. The number of amides is 1. The maximum atomic E-state index is 12.8. The third-order valence-electron chi connectivity index (χ3n) is 3.89. The molecule has 136 valence electrons. The van der Waals surface area contributed by atoms with Crippen LogP contribution in [-0.2, 0) is 17.9 Å². The monoisotopic (exact) mass is 434 g/mol. The lowest BCUT2D eigenvalue weighted by molar-refractivity contribution is -0.122. The lowest BCUT2D eigenvalue weighted by Gasteiger charge is -2.12. The molecular formula is C18H19BrN4O2S. The first-order valence-electron chi connectivity index (χ1n) is 8.30. The van der Waals surface area contributed by atoms with E-state index in [2.05, 4.69) is 26.3 Å². The molecule has 0 bridgehead atoms. The molecule has 0 unspecified atom stereocenters. The summed E-state index contributed by atoms with van der Waals surface area (Å²) in [7, 11) is 0. The molecule has 0 radical (unpaired) electrons. The van der Waals surface area contributed by atoms with Gasteiger partial charge in [-0.25, -0.2) is 0 Å². The number of rotatable bonds is 6. The van der Waals surface area contributed by atoms with Crippen molar-refractivity contribution < 1.29 is 9.53 Å². The summed E-state index contributed by atoms with van der Waals surface area (Å²) in [5.74, 6) is 0.549. The van der Waals surface area contributed by atoms with Crippen molar-refractivity contribution in [1.82, 2.24) is 20.0 Å². The van der Waals surface area contributed by atoms with Crippen LogP contribution in [0.1, 0.15) is 25.0 Å². The average molecular weight is 435 g/mol.